The van der Waals surface area contributed by atoms with E-state index < -0.39 is 0 Å². The predicted octanol–water partition coefficient (Wildman–Crippen LogP) is 2.39. The molecule has 0 N–H and O–H groups in total. The van der Waals surface area contributed by atoms with Gasteiger partial charge in [0.15, 0.2) is 5.65 Å². The number of hydrogen-bond acceptors (Lipinski definition) is 4. The number of halogens is 2. The van der Waals surface area contributed by atoms with Crippen molar-refractivity contribution in [3.8, 4) is 0 Å². The Morgan fingerprint density at radius 3 is 3.00 bits per heavy atom. The van der Waals surface area contributed by atoms with Gasteiger partial charge in [-0.3, -0.25) is 4.79 Å². The molecule has 0 aromatic carbocycles. The lowest BCUT2D eigenvalue weighted by Gasteiger charge is -2.05. The highest BCUT2D eigenvalue weighted by Crippen LogP contribution is 2.19. The van der Waals surface area contributed by atoms with Crippen molar-refractivity contribution in [3.63, 3.8) is 0 Å². The van der Waals surface area contributed by atoms with Gasteiger partial charge in [-0.1, -0.05) is 11.6 Å². The SMILES string of the molecule is COC(=O)CCn1c(CCl)nc2cc(Cl)cnc21. The third kappa shape index (κ3) is 2.57. The molecule has 0 spiro atoms. The Kier molecular flexibility index (Phi) is 4.04. The number of rotatable bonds is 4. The average molecular weight is 288 g/mol. The second-order valence-corrected chi connectivity index (χ2v) is 4.34. The van der Waals surface area contributed by atoms with Gasteiger partial charge in [-0.2, -0.15) is 0 Å². The second kappa shape index (κ2) is 5.54. The highest BCUT2D eigenvalue weighted by molar-refractivity contribution is 6.31. The van der Waals surface area contributed by atoms with Crippen LogP contribution in [0.1, 0.15) is 12.2 Å². The van der Waals surface area contributed by atoms with Gasteiger partial charge in [0.2, 0.25) is 0 Å². The molecule has 0 fully saturated rings. The predicted molar refractivity (Wildman–Crippen MR) is 68.7 cm³/mol. The summed E-state index contributed by atoms with van der Waals surface area (Å²) in [6.07, 6.45) is 1.79. The van der Waals surface area contributed by atoms with Crippen LogP contribution in [0.25, 0.3) is 11.2 Å². The van der Waals surface area contributed by atoms with Crippen LogP contribution in [0.4, 0.5) is 0 Å². The molecule has 0 amide bonds. The maximum absolute atomic E-state index is 11.2. The minimum Gasteiger partial charge on any atom is -0.469 e. The Morgan fingerprint density at radius 1 is 1.56 bits per heavy atom. The molecule has 0 aliphatic rings. The van der Waals surface area contributed by atoms with Gasteiger partial charge in [-0.25, -0.2) is 9.97 Å². The Bertz CT molecular complexity index is 583. The van der Waals surface area contributed by atoms with Gasteiger partial charge in [0.25, 0.3) is 0 Å². The number of aromatic nitrogens is 3. The van der Waals surface area contributed by atoms with Gasteiger partial charge < -0.3 is 9.30 Å². The summed E-state index contributed by atoms with van der Waals surface area (Å²) in [6, 6.07) is 1.72. The number of pyridine rings is 1. The van der Waals surface area contributed by atoms with Crippen LogP contribution in [-0.2, 0) is 22.0 Å². The molecule has 0 saturated carbocycles. The van der Waals surface area contributed by atoms with Gasteiger partial charge in [0.05, 0.1) is 24.4 Å². The topological polar surface area (TPSA) is 57.0 Å². The number of alkyl halides is 1. The first-order valence-electron chi connectivity index (χ1n) is 5.29. The normalized spacial score (nSPS) is 10.8. The first-order valence-corrected chi connectivity index (χ1v) is 6.20. The van der Waals surface area contributed by atoms with E-state index in [1.54, 1.807) is 10.6 Å². The standard InChI is InChI=1S/C11H11Cl2N3O2/c1-18-10(17)2-3-16-9(5-12)15-8-4-7(13)6-14-11(8)16/h4,6H,2-3,5H2,1H3. The molecule has 2 aromatic heterocycles. The fourth-order valence-electron chi connectivity index (χ4n) is 1.68. The van der Waals surface area contributed by atoms with Crippen molar-refractivity contribution >= 4 is 40.3 Å². The summed E-state index contributed by atoms with van der Waals surface area (Å²) in [6.45, 7) is 0.430. The van der Waals surface area contributed by atoms with Crippen molar-refractivity contribution in [1.29, 1.82) is 0 Å². The Morgan fingerprint density at radius 2 is 2.33 bits per heavy atom. The van der Waals surface area contributed by atoms with E-state index in [0.29, 0.717) is 28.6 Å². The molecule has 0 saturated heterocycles. The molecule has 0 bridgehead atoms. The molecule has 5 nitrogen and oxygen atoms in total. The van der Waals surface area contributed by atoms with Crippen molar-refractivity contribution in [2.24, 2.45) is 0 Å². The van der Waals surface area contributed by atoms with Crippen molar-refractivity contribution in [3.05, 3.63) is 23.1 Å². The monoisotopic (exact) mass is 287 g/mol. The van der Waals surface area contributed by atoms with Gasteiger partial charge in [0.1, 0.15) is 11.3 Å². The number of methoxy groups -OCH3 is 1. The molecular weight excluding hydrogens is 277 g/mol. The molecule has 18 heavy (non-hydrogen) atoms. The Balaban J connectivity index is 2.37. The number of ether oxygens (including phenoxy) is 1. The van der Waals surface area contributed by atoms with Gasteiger partial charge in [-0.05, 0) is 6.07 Å². The van der Waals surface area contributed by atoms with Gasteiger partial charge in [-0.15, -0.1) is 11.6 Å². The summed E-state index contributed by atoms with van der Waals surface area (Å²) in [5.41, 5.74) is 1.34. The van der Waals surface area contributed by atoms with Crippen molar-refractivity contribution < 1.29 is 9.53 Å². The molecule has 2 aromatic rings. The van der Waals surface area contributed by atoms with Gasteiger partial charge >= 0.3 is 5.97 Å². The lowest BCUT2D eigenvalue weighted by atomic mass is 10.4. The number of nitrogens with zero attached hydrogens (tertiary/aromatic N) is 3. The van der Waals surface area contributed by atoms with E-state index in [1.165, 1.54) is 13.3 Å². The number of carbonyl (C=O) groups is 1. The molecule has 96 valence electrons. The van der Waals surface area contributed by atoms with Crippen molar-refractivity contribution in [2.75, 3.05) is 7.11 Å². The number of fused-ring (bicyclic) bond motifs is 1. The lowest BCUT2D eigenvalue weighted by Crippen LogP contribution is -2.09. The van der Waals surface area contributed by atoms with Crippen LogP contribution in [0, 0.1) is 0 Å². The molecule has 0 unspecified atom stereocenters. The molecule has 0 aliphatic heterocycles. The van der Waals surface area contributed by atoms with E-state index in [9.17, 15) is 4.79 Å². The molecule has 0 radical (unpaired) electrons. The fraction of sp³-hybridized carbons (Fsp3) is 0.364. The fourth-order valence-corrected chi connectivity index (χ4v) is 2.03. The number of carbonyl (C=O) groups excluding carboxylic acids is 1. The summed E-state index contributed by atoms with van der Waals surface area (Å²) in [5, 5.41) is 0.515. The summed E-state index contributed by atoms with van der Waals surface area (Å²) >= 11 is 11.7. The highest BCUT2D eigenvalue weighted by Gasteiger charge is 2.12. The van der Waals surface area contributed by atoms with E-state index in [-0.39, 0.29) is 18.3 Å². The molecule has 2 rings (SSSR count). The summed E-state index contributed by atoms with van der Waals surface area (Å²) < 4.78 is 6.41. The largest absolute Gasteiger partial charge is 0.469 e. The van der Waals surface area contributed by atoms with Crippen molar-refractivity contribution in [1.82, 2.24) is 14.5 Å². The summed E-state index contributed by atoms with van der Waals surface area (Å²) in [4.78, 5) is 19.7. The molecule has 0 atom stereocenters. The van der Waals surface area contributed by atoms with E-state index in [4.69, 9.17) is 23.2 Å². The zero-order valence-corrected chi connectivity index (χ0v) is 11.2. The number of aryl methyl sites for hydroxylation is 1. The number of imidazole rings is 1. The van der Waals surface area contributed by atoms with Gasteiger partial charge in [0, 0.05) is 12.7 Å². The van der Waals surface area contributed by atoms with Crippen LogP contribution in [-0.4, -0.2) is 27.6 Å². The van der Waals surface area contributed by atoms with Crippen LogP contribution in [0.2, 0.25) is 5.02 Å². The van der Waals surface area contributed by atoms with E-state index in [2.05, 4.69) is 14.7 Å². The highest BCUT2D eigenvalue weighted by atomic mass is 35.5. The molecular formula is C11H11Cl2N3O2. The Hall–Kier alpha value is -1.33. The molecule has 0 aliphatic carbocycles. The van der Waals surface area contributed by atoms with E-state index in [0.717, 1.165) is 0 Å². The minimum absolute atomic E-state index is 0.245. The van der Waals surface area contributed by atoms with Crippen LogP contribution < -0.4 is 0 Å². The summed E-state index contributed by atoms with van der Waals surface area (Å²) in [5.74, 6) is 0.617. The second-order valence-electron chi connectivity index (χ2n) is 3.64. The first kappa shape index (κ1) is 13.1. The van der Waals surface area contributed by atoms with Crippen LogP contribution in [0.3, 0.4) is 0 Å². The minimum atomic E-state index is -0.286. The third-order valence-corrected chi connectivity index (χ3v) is 2.96. The summed E-state index contributed by atoms with van der Waals surface area (Å²) in [7, 11) is 1.36. The maximum Gasteiger partial charge on any atom is 0.307 e. The quantitative estimate of drug-likeness (QED) is 0.640. The average Bonchev–Trinajstić information content (AvgIpc) is 2.72. The number of hydrogen-bond donors (Lipinski definition) is 0. The number of esters is 1. The maximum atomic E-state index is 11.2. The first-order chi connectivity index (χ1) is 8.65. The van der Waals surface area contributed by atoms with Crippen LogP contribution >= 0.6 is 23.2 Å². The lowest BCUT2D eigenvalue weighted by molar-refractivity contribution is -0.140. The molecule has 2 heterocycles. The molecule has 7 heteroatoms. The van der Waals surface area contributed by atoms with Crippen LogP contribution in [0.15, 0.2) is 12.3 Å². The van der Waals surface area contributed by atoms with E-state index >= 15 is 0 Å². The Labute approximate surface area is 114 Å². The zero-order valence-electron chi connectivity index (χ0n) is 9.69. The third-order valence-electron chi connectivity index (χ3n) is 2.52. The zero-order chi connectivity index (χ0) is 13.1. The smallest absolute Gasteiger partial charge is 0.307 e. The van der Waals surface area contributed by atoms with E-state index in [1.807, 2.05) is 0 Å². The van der Waals surface area contributed by atoms with Crippen LogP contribution in [0.5, 0.6) is 0 Å². The van der Waals surface area contributed by atoms with Crippen molar-refractivity contribution in [2.45, 2.75) is 18.8 Å².